The molecule has 0 unspecified atom stereocenters. The number of allylic oxidation sites excluding steroid dienone is 2. The second-order valence-corrected chi connectivity index (χ2v) is 11.4. The minimum Gasteiger partial charge on any atom is -0.461 e. The maximum absolute atomic E-state index is 13.8. The Labute approximate surface area is 282 Å². The predicted molar refractivity (Wildman–Crippen MR) is 179 cm³/mol. The number of Topliss-reactive ketones (excluding diaryl/α,β-unsaturated/α-hetero) is 2. The molecule has 1 aromatic heterocycles. The number of nitriles is 2. The van der Waals surface area contributed by atoms with E-state index in [1.54, 1.807) is 74.5 Å². The third-order valence-corrected chi connectivity index (χ3v) is 8.40. The SMILES string of the molecule is CCOC(=O)C1=NN(c2ccccc2)/C(=C(/C#N)C(=O)c2cccc(C(=O)/C(C#N)=C3/SC(C(=O)OCC)=NN3c3ccccc3)n2)S1. The molecule has 0 fully saturated rings. The van der Waals surface area contributed by atoms with Gasteiger partial charge < -0.3 is 9.47 Å². The van der Waals surface area contributed by atoms with Gasteiger partial charge in [-0.1, -0.05) is 42.5 Å². The number of carbonyl (C=O) groups excluding carboxylic acids is 4. The molecule has 48 heavy (non-hydrogen) atoms. The number of aromatic nitrogens is 1. The van der Waals surface area contributed by atoms with E-state index in [-0.39, 0.29) is 44.7 Å². The summed E-state index contributed by atoms with van der Waals surface area (Å²) in [6.45, 7) is 3.46. The monoisotopic (exact) mass is 677 g/mol. The number of nitrogens with zero attached hydrogens (tertiary/aromatic N) is 7. The fraction of sp³-hybridized carbons (Fsp3) is 0.121. The van der Waals surface area contributed by atoms with Crippen LogP contribution >= 0.6 is 23.5 Å². The first-order valence-electron chi connectivity index (χ1n) is 14.2. The topological polar surface area (TPSA) is 178 Å². The minimum absolute atomic E-state index is 0.0413. The summed E-state index contributed by atoms with van der Waals surface area (Å²) < 4.78 is 10.1. The zero-order valence-corrected chi connectivity index (χ0v) is 26.9. The molecule has 0 amide bonds. The summed E-state index contributed by atoms with van der Waals surface area (Å²) in [5.41, 5.74) is -0.374. The van der Waals surface area contributed by atoms with Crippen LogP contribution in [0.2, 0.25) is 0 Å². The van der Waals surface area contributed by atoms with E-state index in [9.17, 15) is 29.7 Å². The lowest BCUT2D eigenvalue weighted by molar-refractivity contribution is -0.135. The highest BCUT2D eigenvalue weighted by Gasteiger charge is 2.36. The van der Waals surface area contributed by atoms with Crippen molar-refractivity contribution in [3.05, 3.63) is 111 Å². The first-order chi connectivity index (χ1) is 23.3. The normalized spacial score (nSPS) is 15.8. The molecule has 3 heterocycles. The van der Waals surface area contributed by atoms with E-state index in [4.69, 9.17) is 9.47 Å². The van der Waals surface area contributed by atoms with Crippen LogP contribution in [0.1, 0.15) is 34.8 Å². The van der Waals surface area contributed by atoms with Gasteiger partial charge in [-0.25, -0.2) is 24.6 Å². The van der Waals surface area contributed by atoms with E-state index in [1.165, 1.54) is 28.2 Å². The van der Waals surface area contributed by atoms with Gasteiger partial charge in [0, 0.05) is 0 Å². The molecule has 0 N–H and O–H groups in total. The number of pyridine rings is 1. The number of ether oxygens (including phenoxy) is 2. The third kappa shape index (κ3) is 6.87. The van der Waals surface area contributed by atoms with Crippen LogP contribution < -0.4 is 10.0 Å². The van der Waals surface area contributed by atoms with Crippen LogP contribution in [-0.4, -0.2) is 51.8 Å². The number of anilines is 2. The fourth-order valence-corrected chi connectivity index (χ4v) is 6.11. The molecule has 2 aliphatic heterocycles. The van der Waals surface area contributed by atoms with Gasteiger partial charge in [0.25, 0.3) is 0 Å². The number of hydrogen-bond acceptors (Lipinski definition) is 15. The predicted octanol–water partition coefficient (Wildman–Crippen LogP) is 5.18. The Hall–Kier alpha value is -6.03. The lowest BCUT2D eigenvalue weighted by Gasteiger charge is -2.16. The summed E-state index contributed by atoms with van der Waals surface area (Å²) in [7, 11) is 0. The average molecular weight is 678 g/mol. The second kappa shape index (κ2) is 15.0. The van der Waals surface area contributed by atoms with Crippen molar-refractivity contribution >= 4 is 68.5 Å². The molecule has 238 valence electrons. The van der Waals surface area contributed by atoms with E-state index in [1.807, 2.05) is 12.1 Å². The first-order valence-corrected chi connectivity index (χ1v) is 15.9. The third-order valence-electron chi connectivity index (χ3n) is 6.37. The van der Waals surface area contributed by atoms with Gasteiger partial charge in [-0.15, -0.1) is 0 Å². The van der Waals surface area contributed by atoms with Gasteiger partial charge >= 0.3 is 11.9 Å². The molecular formula is C33H23N7O6S2. The molecule has 0 aliphatic carbocycles. The number of para-hydroxylation sites is 2. The molecule has 2 aliphatic rings. The van der Waals surface area contributed by atoms with Crippen molar-refractivity contribution in [1.29, 1.82) is 10.5 Å². The number of benzene rings is 2. The Bertz CT molecular complexity index is 1870. The minimum atomic E-state index is -0.851. The first kappa shape index (κ1) is 33.3. The summed E-state index contributed by atoms with van der Waals surface area (Å²) in [5.74, 6) is -3.15. The van der Waals surface area contributed by atoms with Crippen LogP contribution in [0.4, 0.5) is 11.4 Å². The molecule has 0 radical (unpaired) electrons. The van der Waals surface area contributed by atoms with E-state index in [0.717, 1.165) is 23.5 Å². The van der Waals surface area contributed by atoms with Crippen molar-refractivity contribution in [2.75, 3.05) is 23.2 Å². The number of rotatable bonds is 10. The lowest BCUT2D eigenvalue weighted by Crippen LogP contribution is -2.18. The Kier molecular flexibility index (Phi) is 10.4. The highest BCUT2D eigenvalue weighted by Crippen LogP contribution is 2.39. The van der Waals surface area contributed by atoms with Crippen molar-refractivity contribution in [1.82, 2.24) is 4.98 Å². The van der Waals surface area contributed by atoms with Gasteiger partial charge in [0.2, 0.25) is 21.7 Å². The zero-order valence-electron chi connectivity index (χ0n) is 25.3. The Morgan fingerprint density at radius 2 is 1.04 bits per heavy atom. The van der Waals surface area contributed by atoms with E-state index < -0.39 is 34.7 Å². The number of hydrazone groups is 2. The highest BCUT2D eigenvalue weighted by molar-refractivity contribution is 8.19. The standard InChI is InChI=1S/C33H23N7O6S2/c1-3-45-32(43)28-37-39(20-12-7-5-8-13-20)30(47-28)22(18-34)26(41)24-16-11-17-25(36-24)27(42)23(19-35)31-40(21-14-9-6-10-15-21)38-29(48-31)33(44)46-4-2/h5-17H,3-4H2,1-2H3/b30-22+,31-23+. The number of hydrogen-bond donors (Lipinski definition) is 0. The van der Waals surface area contributed by atoms with Gasteiger partial charge in [0.15, 0.2) is 0 Å². The van der Waals surface area contributed by atoms with E-state index >= 15 is 0 Å². The quantitative estimate of drug-likeness (QED) is 0.119. The summed E-state index contributed by atoms with van der Waals surface area (Å²) in [6, 6.07) is 25.0. The molecule has 2 aromatic carbocycles. The van der Waals surface area contributed by atoms with Crippen molar-refractivity contribution in [3.8, 4) is 12.1 Å². The summed E-state index contributed by atoms with van der Waals surface area (Å²) in [5, 5.41) is 31.4. The zero-order chi connectivity index (χ0) is 34.2. The Morgan fingerprint density at radius 1 is 0.646 bits per heavy atom. The lowest BCUT2D eigenvalue weighted by atomic mass is 10.1. The molecule has 5 rings (SSSR count). The van der Waals surface area contributed by atoms with Gasteiger partial charge in [-0.2, -0.15) is 20.7 Å². The largest absolute Gasteiger partial charge is 0.461 e. The van der Waals surface area contributed by atoms with Crippen molar-refractivity contribution in [2.45, 2.75) is 13.8 Å². The number of thioether (sulfide) groups is 2. The van der Waals surface area contributed by atoms with Crippen LogP contribution in [-0.2, 0) is 19.1 Å². The smallest absolute Gasteiger partial charge is 0.365 e. The van der Waals surface area contributed by atoms with Gasteiger partial charge in [-0.05, 0) is 73.8 Å². The van der Waals surface area contributed by atoms with Crippen LogP contribution in [0.3, 0.4) is 0 Å². The summed E-state index contributed by atoms with van der Waals surface area (Å²) in [6.07, 6.45) is 0. The number of ketones is 2. The molecule has 0 atom stereocenters. The Balaban J connectivity index is 1.52. The average Bonchev–Trinajstić information content (AvgIpc) is 3.76. The number of carbonyl (C=O) groups is 4. The fourth-order valence-electron chi connectivity index (χ4n) is 4.27. The van der Waals surface area contributed by atoms with Crippen molar-refractivity contribution in [2.24, 2.45) is 10.2 Å². The molecule has 13 nitrogen and oxygen atoms in total. The maximum atomic E-state index is 13.8. The molecule has 3 aromatic rings. The van der Waals surface area contributed by atoms with Crippen LogP contribution in [0.5, 0.6) is 0 Å². The molecule has 0 saturated carbocycles. The van der Waals surface area contributed by atoms with Crippen LogP contribution in [0.15, 0.2) is 110 Å². The summed E-state index contributed by atoms with van der Waals surface area (Å²) in [4.78, 5) is 56.9. The van der Waals surface area contributed by atoms with Crippen molar-refractivity contribution < 1.29 is 28.7 Å². The highest BCUT2D eigenvalue weighted by atomic mass is 32.2. The molecule has 0 spiro atoms. The van der Waals surface area contributed by atoms with Crippen LogP contribution in [0, 0.1) is 22.7 Å². The van der Waals surface area contributed by atoms with Crippen LogP contribution in [0.25, 0.3) is 0 Å². The molecule has 15 heteroatoms. The Morgan fingerprint density at radius 3 is 1.40 bits per heavy atom. The summed E-state index contributed by atoms with van der Waals surface area (Å²) >= 11 is 1.58. The second-order valence-electron chi connectivity index (χ2n) is 9.40. The van der Waals surface area contributed by atoms with E-state index in [2.05, 4.69) is 15.2 Å². The molecule has 0 saturated heterocycles. The molecular weight excluding hydrogens is 655 g/mol. The van der Waals surface area contributed by atoms with Gasteiger partial charge in [0.05, 0.1) is 24.6 Å². The number of esters is 2. The van der Waals surface area contributed by atoms with Gasteiger partial charge in [0.1, 0.15) is 44.7 Å². The molecule has 0 bridgehead atoms. The maximum Gasteiger partial charge on any atom is 0.365 e. The van der Waals surface area contributed by atoms with Gasteiger partial charge in [-0.3, -0.25) is 9.59 Å². The van der Waals surface area contributed by atoms with E-state index in [0.29, 0.717) is 11.4 Å². The van der Waals surface area contributed by atoms with Crippen molar-refractivity contribution in [3.63, 3.8) is 0 Å².